The molecule has 21 heavy (non-hydrogen) atoms. The maximum absolute atomic E-state index is 6.32. The van der Waals surface area contributed by atoms with Crippen LogP contribution in [0.2, 0.25) is 0 Å². The van der Waals surface area contributed by atoms with Gasteiger partial charge in [0.25, 0.3) is 0 Å². The Hall–Kier alpha value is -0.820. The van der Waals surface area contributed by atoms with Crippen molar-refractivity contribution in [3.63, 3.8) is 0 Å². The van der Waals surface area contributed by atoms with E-state index in [0.717, 1.165) is 23.7 Å². The summed E-state index contributed by atoms with van der Waals surface area (Å²) in [5, 5.41) is 0. The molecule has 0 heterocycles. The van der Waals surface area contributed by atoms with Gasteiger partial charge in [0, 0.05) is 11.5 Å². The third-order valence-electron chi connectivity index (χ3n) is 6.84. The summed E-state index contributed by atoms with van der Waals surface area (Å²) in [6.07, 6.45) is 8.57. The predicted molar refractivity (Wildman–Crippen MR) is 88.2 cm³/mol. The zero-order valence-electron chi connectivity index (χ0n) is 13.5. The summed E-state index contributed by atoms with van der Waals surface area (Å²) in [5.41, 5.74) is 9.68. The second kappa shape index (κ2) is 4.84. The highest BCUT2D eigenvalue weighted by Gasteiger charge is 2.57. The molecule has 114 valence electrons. The van der Waals surface area contributed by atoms with E-state index in [1.165, 1.54) is 44.1 Å². The second-order valence-corrected chi connectivity index (χ2v) is 8.39. The van der Waals surface area contributed by atoms with Gasteiger partial charge >= 0.3 is 0 Å². The average molecular weight is 283 g/mol. The van der Waals surface area contributed by atoms with Gasteiger partial charge in [0.2, 0.25) is 0 Å². The minimum Gasteiger partial charge on any atom is -0.328 e. The van der Waals surface area contributed by atoms with Crippen molar-refractivity contribution in [2.45, 2.75) is 63.8 Å². The van der Waals surface area contributed by atoms with Gasteiger partial charge in [-0.05, 0) is 81.6 Å². The number of rotatable bonds is 3. The van der Waals surface area contributed by atoms with E-state index in [1.807, 2.05) is 0 Å². The van der Waals surface area contributed by atoms with Crippen molar-refractivity contribution in [1.82, 2.24) is 0 Å². The molecule has 0 spiro atoms. The van der Waals surface area contributed by atoms with E-state index in [9.17, 15) is 0 Å². The van der Waals surface area contributed by atoms with Crippen molar-refractivity contribution < 1.29 is 0 Å². The van der Waals surface area contributed by atoms with Gasteiger partial charge in [-0.2, -0.15) is 0 Å². The van der Waals surface area contributed by atoms with Crippen molar-refractivity contribution in [1.29, 1.82) is 0 Å². The standard InChI is InChI=1S/C20H29N/c1-13-3-5-17(6-4-13)20(12-14(2)21)18-8-15-7-16(10-18)11-19(20)9-15/h3-6,14-16,18-19H,7-12,21H2,1-2H3. The lowest BCUT2D eigenvalue weighted by Gasteiger charge is -2.62. The molecule has 4 bridgehead atoms. The Bertz CT molecular complexity index is 485. The van der Waals surface area contributed by atoms with E-state index in [4.69, 9.17) is 5.73 Å². The molecule has 0 radical (unpaired) electrons. The third kappa shape index (κ3) is 2.08. The van der Waals surface area contributed by atoms with Crippen LogP contribution in [0, 0.1) is 30.6 Å². The minimum absolute atomic E-state index is 0.309. The van der Waals surface area contributed by atoms with Crippen LogP contribution in [0.25, 0.3) is 0 Å². The van der Waals surface area contributed by atoms with E-state index in [0.29, 0.717) is 11.5 Å². The van der Waals surface area contributed by atoms with Crippen molar-refractivity contribution in [2.75, 3.05) is 0 Å². The highest BCUT2D eigenvalue weighted by Crippen LogP contribution is 2.64. The Morgan fingerprint density at radius 1 is 1.00 bits per heavy atom. The van der Waals surface area contributed by atoms with Crippen LogP contribution < -0.4 is 5.73 Å². The van der Waals surface area contributed by atoms with Gasteiger partial charge in [0.1, 0.15) is 0 Å². The van der Waals surface area contributed by atoms with Gasteiger partial charge in [-0.3, -0.25) is 0 Å². The molecule has 4 fully saturated rings. The van der Waals surface area contributed by atoms with Gasteiger partial charge in [0.05, 0.1) is 0 Å². The van der Waals surface area contributed by atoms with Crippen LogP contribution in [-0.2, 0) is 5.41 Å². The van der Waals surface area contributed by atoms with Crippen LogP contribution in [0.1, 0.15) is 56.6 Å². The minimum atomic E-state index is 0.309. The number of benzene rings is 1. The molecule has 0 aromatic heterocycles. The van der Waals surface area contributed by atoms with Gasteiger partial charge in [-0.15, -0.1) is 0 Å². The summed E-state index contributed by atoms with van der Waals surface area (Å²) in [6, 6.07) is 9.76. The Kier molecular flexibility index (Phi) is 3.19. The van der Waals surface area contributed by atoms with Crippen LogP contribution in [0.15, 0.2) is 24.3 Å². The molecule has 1 unspecified atom stereocenters. The van der Waals surface area contributed by atoms with E-state index in [2.05, 4.69) is 38.1 Å². The summed E-state index contributed by atoms with van der Waals surface area (Å²) >= 11 is 0. The van der Waals surface area contributed by atoms with Crippen LogP contribution in [0.4, 0.5) is 0 Å². The summed E-state index contributed by atoms with van der Waals surface area (Å²) in [7, 11) is 0. The topological polar surface area (TPSA) is 26.0 Å². The lowest BCUT2D eigenvalue weighted by atomic mass is 9.42. The van der Waals surface area contributed by atoms with Gasteiger partial charge in [-0.25, -0.2) is 0 Å². The molecule has 4 aliphatic rings. The average Bonchev–Trinajstić information content (AvgIpc) is 2.43. The fourth-order valence-electron chi connectivity index (χ4n) is 6.34. The smallest absolute Gasteiger partial charge is 0.00244 e. The summed E-state index contributed by atoms with van der Waals surface area (Å²) in [4.78, 5) is 0. The summed E-state index contributed by atoms with van der Waals surface area (Å²) in [6.45, 7) is 4.40. The first-order valence-corrected chi connectivity index (χ1v) is 8.90. The quantitative estimate of drug-likeness (QED) is 0.872. The molecule has 0 saturated heterocycles. The van der Waals surface area contributed by atoms with Crippen molar-refractivity contribution in [3.05, 3.63) is 35.4 Å². The maximum Gasteiger partial charge on any atom is 0.00244 e. The molecule has 5 rings (SSSR count). The van der Waals surface area contributed by atoms with Crippen LogP contribution >= 0.6 is 0 Å². The molecule has 1 atom stereocenters. The van der Waals surface area contributed by atoms with Crippen LogP contribution in [0.5, 0.6) is 0 Å². The molecular weight excluding hydrogens is 254 g/mol. The highest BCUT2D eigenvalue weighted by atomic mass is 14.7. The number of hydrogen-bond donors (Lipinski definition) is 1. The Labute approximate surface area is 129 Å². The van der Waals surface area contributed by atoms with E-state index in [-0.39, 0.29) is 0 Å². The van der Waals surface area contributed by atoms with Gasteiger partial charge in [0.15, 0.2) is 0 Å². The lowest BCUT2D eigenvalue weighted by Crippen LogP contribution is -2.57. The molecule has 1 aromatic carbocycles. The first kappa shape index (κ1) is 13.8. The fraction of sp³-hybridized carbons (Fsp3) is 0.700. The number of aryl methyl sites for hydroxylation is 1. The third-order valence-corrected chi connectivity index (χ3v) is 6.84. The molecule has 0 aliphatic heterocycles. The van der Waals surface area contributed by atoms with Crippen LogP contribution in [0.3, 0.4) is 0 Å². The maximum atomic E-state index is 6.32. The predicted octanol–water partition coefficient (Wildman–Crippen LogP) is 4.43. The molecule has 4 aliphatic carbocycles. The monoisotopic (exact) mass is 283 g/mol. The summed E-state index contributed by atoms with van der Waals surface area (Å²) in [5.74, 6) is 3.84. The largest absolute Gasteiger partial charge is 0.328 e. The molecule has 1 aromatic rings. The first-order chi connectivity index (χ1) is 10.1. The van der Waals surface area contributed by atoms with Crippen molar-refractivity contribution in [2.24, 2.45) is 29.4 Å². The zero-order chi connectivity index (χ0) is 14.6. The van der Waals surface area contributed by atoms with E-state index >= 15 is 0 Å². The highest BCUT2D eigenvalue weighted by molar-refractivity contribution is 5.33. The normalized spacial score (nSPS) is 42.2. The van der Waals surface area contributed by atoms with E-state index in [1.54, 1.807) is 5.56 Å². The Morgan fingerprint density at radius 2 is 1.52 bits per heavy atom. The first-order valence-electron chi connectivity index (χ1n) is 8.90. The number of hydrogen-bond acceptors (Lipinski definition) is 1. The lowest BCUT2D eigenvalue weighted by molar-refractivity contribution is -0.0670. The zero-order valence-corrected chi connectivity index (χ0v) is 13.5. The van der Waals surface area contributed by atoms with E-state index < -0.39 is 0 Å². The van der Waals surface area contributed by atoms with Gasteiger partial charge < -0.3 is 5.73 Å². The Balaban J connectivity index is 1.79. The van der Waals surface area contributed by atoms with Crippen molar-refractivity contribution >= 4 is 0 Å². The second-order valence-electron chi connectivity index (χ2n) is 8.39. The molecule has 1 nitrogen and oxygen atoms in total. The molecule has 2 N–H and O–H groups in total. The fourth-order valence-corrected chi connectivity index (χ4v) is 6.34. The molecule has 1 heteroatoms. The molecule has 4 saturated carbocycles. The van der Waals surface area contributed by atoms with Crippen LogP contribution in [-0.4, -0.2) is 6.04 Å². The molecule has 0 amide bonds. The number of nitrogens with two attached hydrogens (primary N) is 1. The molecular formula is C20H29N. The van der Waals surface area contributed by atoms with Crippen molar-refractivity contribution in [3.8, 4) is 0 Å². The van der Waals surface area contributed by atoms with Gasteiger partial charge in [-0.1, -0.05) is 29.8 Å². The Morgan fingerprint density at radius 3 is 2.00 bits per heavy atom. The summed E-state index contributed by atoms with van der Waals surface area (Å²) < 4.78 is 0. The SMILES string of the molecule is Cc1ccc(C2(CC(C)N)C3CC4CC(C3)CC2C4)cc1.